The molecule has 0 bridgehead atoms. The molecule has 0 aliphatic heterocycles. The van der Waals surface area contributed by atoms with Crippen LogP contribution in [0, 0.1) is 0 Å². The lowest BCUT2D eigenvalue weighted by atomic mass is 9.89. The lowest BCUT2D eigenvalue weighted by Gasteiger charge is -2.42. The molecule has 0 unspecified atom stereocenters. The molecule has 32 heavy (non-hydrogen) atoms. The van der Waals surface area contributed by atoms with Gasteiger partial charge in [0.1, 0.15) is 0 Å². The first-order valence-corrected chi connectivity index (χ1v) is 6.74. The van der Waals surface area contributed by atoms with Gasteiger partial charge in [0.25, 0.3) is 0 Å². The second-order valence-electron chi connectivity index (χ2n) is 5.57. The van der Waals surface area contributed by atoms with Crippen molar-refractivity contribution in [3.63, 3.8) is 0 Å². The Hall–Kier alpha value is -1.86. The summed E-state index contributed by atoms with van der Waals surface area (Å²) in [7, 11) is 0. The molecule has 0 rings (SSSR count). The summed E-state index contributed by atoms with van der Waals surface area (Å²) < 4.78 is 244. The van der Waals surface area contributed by atoms with Crippen LogP contribution < -0.4 is 0 Å². The first-order valence-electron chi connectivity index (χ1n) is 6.74. The molecule has 0 aromatic heterocycles. The van der Waals surface area contributed by atoms with Crippen LogP contribution >= 0.6 is 0 Å². The highest BCUT2D eigenvalue weighted by Gasteiger charge is 2.93. The molecule has 0 saturated carbocycles. The minimum atomic E-state index is -8.69. The van der Waals surface area contributed by atoms with E-state index in [2.05, 4.69) is 4.74 Å². The Morgan fingerprint density at radius 2 is 0.875 bits per heavy atom. The highest BCUT2D eigenvalue weighted by Crippen LogP contribution is 2.62. The summed E-state index contributed by atoms with van der Waals surface area (Å²) in [6.07, 6.45) is -12.3. The standard InChI is InChI=1S/C11H3F19O2/c12-2(13)5(16,17)8(23,24)10(27,28)11(29,30)9(25,26)7(21,22)4(14,15)1-32-3(31)6(18,19)20/h2H,1H2. The van der Waals surface area contributed by atoms with Crippen molar-refractivity contribution < 1.29 is 92.9 Å². The Kier molecular flexibility index (Phi) is 7.41. The van der Waals surface area contributed by atoms with E-state index in [-0.39, 0.29) is 0 Å². The minimum Gasteiger partial charge on any atom is -0.452 e. The zero-order valence-corrected chi connectivity index (χ0v) is 13.8. The molecule has 0 aromatic carbocycles. The highest BCUT2D eigenvalue weighted by atomic mass is 19.4. The van der Waals surface area contributed by atoms with Gasteiger partial charge < -0.3 is 4.74 Å². The lowest BCUT2D eigenvalue weighted by Crippen LogP contribution is -2.74. The third-order valence-corrected chi connectivity index (χ3v) is 3.35. The molecule has 192 valence electrons. The summed E-state index contributed by atoms with van der Waals surface area (Å²) in [5.74, 6) is -60.9. The van der Waals surface area contributed by atoms with Crippen molar-refractivity contribution in [2.75, 3.05) is 6.61 Å². The zero-order valence-electron chi connectivity index (χ0n) is 13.8. The van der Waals surface area contributed by atoms with Crippen molar-refractivity contribution in [1.29, 1.82) is 0 Å². The molecule has 0 aliphatic carbocycles. The normalized spacial score (nSPS) is 15.9. The van der Waals surface area contributed by atoms with Gasteiger partial charge in [-0.15, -0.1) is 0 Å². The van der Waals surface area contributed by atoms with E-state index in [9.17, 15) is 88.2 Å². The molecule has 0 N–H and O–H groups in total. The third-order valence-electron chi connectivity index (χ3n) is 3.35. The van der Waals surface area contributed by atoms with Gasteiger partial charge in [-0.2, -0.15) is 74.6 Å². The Morgan fingerprint density at radius 1 is 0.562 bits per heavy atom. The maximum Gasteiger partial charge on any atom is 0.490 e. The van der Waals surface area contributed by atoms with E-state index in [1.807, 2.05) is 0 Å². The molecule has 0 radical (unpaired) electrons. The number of rotatable bonds is 9. The van der Waals surface area contributed by atoms with Crippen molar-refractivity contribution in [2.45, 2.75) is 54.1 Å². The maximum absolute atomic E-state index is 13.3. The van der Waals surface area contributed by atoms with Crippen molar-refractivity contribution in [2.24, 2.45) is 0 Å². The summed E-state index contributed by atoms with van der Waals surface area (Å²) in [6, 6.07) is 0. The van der Waals surface area contributed by atoms with Crippen LogP contribution in [0.5, 0.6) is 0 Å². The van der Waals surface area contributed by atoms with Gasteiger partial charge >= 0.3 is 60.0 Å². The average Bonchev–Trinajstić information content (AvgIpc) is 2.57. The van der Waals surface area contributed by atoms with E-state index in [1.165, 1.54) is 0 Å². The summed E-state index contributed by atoms with van der Waals surface area (Å²) >= 11 is 0. The van der Waals surface area contributed by atoms with E-state index in [0.29, 0.717) is 0 Å². The molecule has 0 fully saturated rings. The molecular weight excluding hydrogens is 525 g/mol. The van der Waals surface area contributed by atoms with Gasteiger partial charge in [-0.25, -0.2) is 13.6 Å². The molecule has 0 saturated heterocycles. The monoisotopic (exact) mass is 528 g/mol. The van der Waals surface area contributed by atoms with Gasteiger partial charge in [-0.1, -0.05) is 0 Å². The van der Waals surface area contributed by atoms with Crippen molar-refractivity contribution in [1.82, 2.24) is 0 Å². The Labute approximate surface area is 161 Å². The van der Waals surface area contributed by atoms with Crippen molar-refractivity contribution >= 4 is 5.97 Å². The van der Waals surface area contributed by atoms with Crippen LogP contribution in [0.3, 0.4) is 0 Å². The number of carbonyl (C=O) groups excluding carboxylic acids is 1. The molecule has 0 spiro atoms. The van der Waals surface area contributed by atoms with Gasteiger partial charge in [0.2, 0.25) is 0 Å². The van der Waals surface area contributed by atoms with E-state index < -0.39 is 66.6 Å². The van der Waals surface area contributed by atoms with Crippen LogP contribution in [0.1, 0.15) is 0 Å². The van der Waals surface area contributed by atoms with Gasteiger partial charge in [-0.3, -0.25) is 0 Å². The van der Waals surface area contributed by atoms with Gasteiger partial charge in [0.05, 0.1) is 0 Å². The van der Waals surface area contributed by atoms with Gasteiger partial charge in [0, 0.05) is 0 Å². The quantitative estimate of drug-likeness (QED) is 0.280. The number of ether oxygens (including phenoxy) is 1. The molecule has 0 aromatic rings. The first-order chi connectivity index (χ1) is 13.6. The van der Waals surface area contributed by atoms with Crippen molar-refractivity contribution in [3.05, 3.63) is 0 Å². The molecule has 21 heteroatoms. The number of hydrogen-bond donors (Lipinski definition) is 0. The molecule has 0 aliphatic rings. The largest absolute Gasteiger partial charge is 0.490 e. The van der Waals surface area contributed by atoms with E-state index in [0.717, 1.165) is 0 Å². The number of esters is 1. The number of hydrogen-bond acceptors (Lipinski definition) is 2. The van der Waals surface area contributed by atoms with Crippen LogP contribution in [-0.4, -0.2) is 66.6 Å². The predicted molar refractivity (Wildman–Crippen MR) is 57.6 cm³/mol. The predicted octanol–water partition coefficient (Wildman–Crippen LogP) is 5.80. The van der Waals surface area contributed by atoms with Gasteiger partial charge in [0.15, 0.2) is 6.61 Å². The lowest BCUT2D eigenvalue weighted by molar-refractivity contribution is -0.447. The smallest absolute Gasteiger partial charge is 0.452 e. The zero-order chi connectivity index (χ0) is 26.6. The van der Waals surface area contributed by atoms with Crippen LogP contribution in [0.2, 0.25) is 0 Å². The van der Waals surface area contributed by atoms with Crippen LogP contribution in [0.15, 0.2) is 0 Å². The molecule has 2 nitrogen and oxygen atoms in total. The summed E-state index contributed by atoms with van der Waals surface area (Å²) in [5.41, 5.74) is 0. The summed E-state index contributed by atoms with van der Waals surface area (Å²) in [4.78, 5) is 10.1. The minimum absolute atomic E-state index is 2.38. The number of halogens is 19. The summed E-state index contributed by atoms with van der Waals surface area (Å²) in [6.45, 7) is -3.89. The van der Waals surface area contributed by atoms with Crippen LogP contribution in [-0.2, 0) is 9.53 Å². The topological polar surface area (TPSA) is 26.3 Å². The Bertz CT molecular complexity index is 690. The molecular formula is C11H3F19O2. The van der Waals surface area contributed by atoms with Gasteiger partial charge in [-0.05, 0) is 0 Å². The van der Waals surface area contributed by atoms with E-state index in [1.54, 1.807) is 0 Å². The summed E-state index contributed by atoms with van der Waals surface area (Å²) in [5, 5.41) is 0. The second kappa shape index (κ2) is 7.87. The Morgan fingerprint density at radius 3 is 1.19 bits per heavy atom. The number of alkyl halides is 19. The fraction of sp³-hybridized carbons (Fsp3) is 0.909. The maximum atomic E-state index is 13.3. The average molecular weight is 528 g/mol. The molecule has 0 heterocycles. The van der Waals surface area contributed by atoms with Crippen LogP contribution in [0.4, 0.5) is 83.4 Å². The van der Waals surface area contributed by atoms with E-state index >= 15 is 0 Å². The van der Waals surface area contributed by atoms with E-state index in [4.69, 9.17) is 0 Å². The number of carbonyl (C=O) groups is 1. The van der Waals surface area contributed by atoms with Crippen molar-refractivity contribution in [3.8, 4) is 0 Å². The first kappa shape index (κ1) is 30.1. The van der Waals surface area contributed by atoms with Crippen LogP contribution in [0.25, 0.3) is 0 Å². The third kappa shape index (κ3) is 4.21. The Balaban J connectivity index is 6.41. The molecule has 0 amide bonds. The molecule has 0 atom stereocenters. The highest BCUT2D eigenvalue weighted by molar-refractivity contribution is 5.75. The fourth-order valence-electron chi connectivity index (χ4n) is 1.50. The fourth-order valence-corrected chi connectivity index (χ4v) is 1.50. The second-order valence-corrected chi connectivity index (χ2v) is 5.57. The SMILES string of the molecule is O=C(OCC(F)(F)C(F)(F)C(F)(F)C(F)(F)C(F)(F)C(F)(F)C(F)(F)C(F)F)C(F)(F)F.